The zero-order chi connectivity index (χ0) is 16.8. The van der Waals surface area contributed by atoms with E-state index >= 15 is 0 Å². The van der Waals surface area contributed by atoms with Crippen molar-refractivity contribution in [3.63, 3.8) is 0 Å². The molecule has 0 atom stereocenters. The molecule has 0 radical (unpaired) electrons. The van der Waals surface area contributed by atoms with E-state index in [0.717, 1.165) is 17.3 Å². The van der Waals surface area contributed by atoms with Gasteiger partial charge in [-0.3, -0.25) is 9.78 Å². The third-order valence-corrected chi connectivity index (χ3v) is 3.72. The number of amides is 1. The van der Waals surface area contributed by atoms with E-state index in [1.807, 2.05) is 60.7 Å². The quantitative estimate of drug-likeness (QED) is 0.710. The highest BCUT2D eigenvalue weighted by molar-refractivity contribution is 5.94. The summed E-state index contributed by atoms with van der Waals surface area (Å²) in [5.41, 5.74) is 2.03. The van der Waals surface area contributed by atoms with Crippen LogP contribution >= 0.6 is 0 Å². The minimum Gasteiger partial charge on any atom is -0.330 e. The highest BCUT2D eigenvalue weighted by Gasteiger charge is 2.19. The molecular weight excluding hydrogens is 303 g/mol. The van der Waals surface area contributed by atoms with Gasteiger partial charge in [-0.05, 0) is 17.2 Å². The number of aromatic nitrogens is 1. The average molecular weight is 320 g/mol. The Morgan fingerprint density at radius 1 is 0.875 bits per heavy atom. The minimum absolute atomic E-state index is 0.0388. The number of nitrogens with zero attached hydrogens (tertiary/aromatic N) is 2. The maximum Gasteiger partial charge on any atom is 0.257 e. The van der Waals surface area contributed by atoms with Gasteiger partial charge in [0, 0.05) is 19.3 Å². The van der Waals surface area contributed by atoms with Gasteiger partial charge in [-0.15, -0.1) is 0 Å². The Balaban J connectivity index is 1.89. The van der Waals surface area contributed by atoms with E-state index in [1.165, 1.54) is 12.3 Å². The number of carbonyl (C=O) groups is 1. The van der Waals surface area contributed by atoms with E-state index in [2.05, 4.69) is 4.98 Å². The van der Waals surface area contributed by atoms with Crippen LogP contribution in [0.3, 0.4) is 0 Å². The van der Waals surface area contributed by atoms with E-state index in [1.54, 1.807) is 4.90 Å². The second-order valence-electron chi connectivity index (χ2n) is 5.49. The fraction of sp³-hybridized carbons (Fsp3) is 0.100. The molecule has 0 fully saturated rings. The van der Waals surface area contributed by atoms with Gasteiger partial charge in [-0.1, -0.05) is 60.7 Å². The minimum atomic E-state index is -0.603. The number of carbonyl (C=O) groups excluding carboxylic acids is 1. The molecule has 4 heteroatoms. The third kappa shape index (κ3) is 3.84. The molecule has 1 aromatic heterocycles. The fourth-order valence-corrected chi connectivity index (χ4v) is 2.53. The van der Waals surface area contributed by atoms with Crippen LogP contribution in [-0.4, -0.2) is 15.8 Å². The average Bonchev–Trinajstić information content (AvgIpc) is 2.63. The summed E-state index contributed by atoms with van der Waals surface area (Å²) >= 11 is 0. The van der Waals surface area contributed by atoms with Crippen LogP contribution in [0.4, 0.5) is 4.39 Å². The molecule has 0 aliphatic rings. The van der Waals surface area contributed by atoms with Gasteiger partial charge in [0.1, 0.15) is 0 Å². The number of halogens is 1. The van der Waals surface area contributed by atoms with Crippen molar-refractivity contribution >= 4 is 5.91 Å². The van der Waals surface area contributed by atoms with Crippen molar-refractivity contribution in [3.05, 3.63) is 102 Å². The van der Waals surface area contributed by atoms with Crippen molar-refractivity contribution in [2.45, 2.75) is 13.1 Å². The Kier molecular flexibility index (Phi) is 4.96. The first kappa shape index (κ1) is 15.9. The fourth-order valence-electron chi connectivity index (χ4n) is 2.53. The molecule has 0 N–H and O–H groups in total. The Hall–Kier alpha value is -3.01. The van der Waals surface area contributed by atoms with E-state index in [9.17, 15) is 9.18 Å². The number of hydrogen-bond donors (Lipinski definition) is 0. The summed E-state index contributed by atoms with van der Waals surface area (Å²) < 4.78 is 14.0. The molecule has 24 heavy (non-hydrogen) atoms. The van der Waals surface area contributed by atoms with Gasteiger partial charge in [-0.25, -0.2) is 4.39 Å². The third-order valence-electron chi connectivity index (χ3n) is 3.72. The van der Waals surface area contributed by atoms with Crippen LogP contribution in [0.15, 0.2) is 79.1 Å². The van der Waals surface area contributed by atoms with Gasteiger partial charge in [0.05, 0.1) is 11.8 Å². The van der Waals surface area contributed by atoms with Gasteiger partial charge in [0.25, 0.3) is 5.91 Å². The van der Waals surface area contributed by atoms with Crippen molar-refractivity contribution in [2.75, 3.05) is 0 Å². The SMILES string of the molecule is O=C(c1ccncc1F)N(Cc1ccccc1)Cc1ccccc1. The lowest BCUT2D eigenvalue weighted by Gasteiger charge is -2.23. The second kappa shape index (κ2) is 7.51. The highest BCUT2D eigenvalue weighted by Crippen LogP contribution is 2.15. The summed E-state index contributed by atoms with van der Waals surface area (Å²) in [5, 5.41) is 0. The van der Waals surface area contributed by atoms with Crippen LogP contribution < -0.4 is 0 Å². The van der Waals surface area contributed by atoms with Crippen LogP contribution in [0.2, 0.25) is 0 Å². The standard InChI is InChI=1S/C20H17FN2O/c21-19-13-22-12-11-18(19)20(24)23(14-16-7-3-1-4-8-16)15-17-9-5-2-6-10-17/h1-13H,14-15H2. The molecule has 0 bridgehead atoms. The number of benzene rings is 2. The molecule has 0 unspecified atom stereocenters. The number of hydrogen-bond acceptors (Lipinski definition) is 2. The normalized spacial score (nSPS) is 10.4. The Morgan fingerprint density at radius 3 is 1.92 bits per heavy atom. The van der Waals surface area contributed by atoms with E-state index < -0.39 is 5.82 Å². The molecule has 0 aliphatic carbocycles. The van der Waals surface area contributed by atoms with Crippen molar-refractivity contribution in [1.82, 2.24) is 9.88 Å². The predicted molar refractivity (Wildman–Crippen MR) is 90.7 cm³/mol. The summed E-state index contributed by atoms with van der Waals surface area (Å²) in [6.07, 6.45) is 2.50. The second-order valence-corrected chi connectivity index (χ2v) is 5.49. The molecule has 0 spiro atoms. The lowest BCUT2D eigenvalue weighted by molar-refractivity contribution is 0.0725. The lowest BCUT2D eigenvalue weighted by atomic mass is 10.1. The largest absolute Gasteiger partial charge is 0.330 e. The molecule has 1 heterocycles. The Labute approximate surface area is 140 Å². The maximum absolute atomic E-state index is 14.0. The zero-order valence-corrected chi connectivity index (χ0v) is 13.1. The van der Waals surface area contributed by atoms with Gasteiger partial charge in [-0.2, -0.15) is 0 Å². The molecule has 3 rings (SSSR count). The van der Waals surface area contributed by atoms with Crippen molar-refractivity contribution < 1.29 is 9.18 Å². The number of rotatable bonds is 5. The van der Waals surface area contributed by atoms with Crippen molar-refractivity contribution in [2.24, 2.45) is 0 Å². The molecular formula is C20H17FN2O. The smallest absolute Gasteiger partial charge is 0.257 e. The summed E-state index contributed by atoms with van der Waals surface area (Å²) in [5.74, 6) is -0.948. The van der Waals surface area contributed by atoms with Crippen molar-refractivity contribution in [3.8, 4) is 0 Å². The Bertz CT molecular complexity index is 765. The lowest BCUT2D eigenvalue weighted by Crippen LogP contribution is -2.30. The highest BCUT2D eigenvalue weighted by atomic mass is 19.1. The Morgan fingerprint density at radius 2 is 1.42 bits per heavy atom. The summed E-state index contributed by atoms with van der Waals surface area (Å²) in [4.78, 5) is 18.2. The van der Waals surface area contributed by atoms with Crippen LogP contribution in [0.5, 0.6) is 0 Å². The van der Waals surface area contributed by atoms with Crippen LogP contribution in [-0.2, 0) is 13.1 Å². The van der Waals surface area contributed by atoms with Crippen LogP contribution in [0, 0.1) is 5.82 Å². The van der Waals surface area contributed by atoms with Crippen molar-refractivity contribution in [1.29, 1.82) is 0 Å². The molecule has 3 nitrogen and oxygen atoms in total. The monoisotopic (exact) mass is 320 g/mol. The maximum atomic E-state index is 14.0. The van der Waals surface area contributed by atoms with Gasteiger partial charge < -0.3 is 4.90 Å². The predicted octanol–water partition coefficient (Wildman–Crippen LogP) is 4.06. The van der Waals surface area contributed by atoms with Crippen LogP contribution in [0.25, 0.3) is 0 Å². The number of pyridine rings is 1. The first-order chi connectivity index (χ1) is 11.7. The van der Waals surface area contributed by atoms with E-state index in [-0.39, 0.29) is 11.5 Å². The molecule has 0 saturated carbocycles. The first-order valence-corrected chi connectivity index (χ1v) is 7.70. The molecule has 0 aliphatic heterocycles. The summed E-state index contributed by atoms with van der Waals surface area (Å²) in [6, 6.07) is 20.8. The molecule has 3 aromatic rings. The van der Waals surface area contributed by atoms with Crippen LogP contribution in [0.1, 0.15) is 21.5 Å². The molecule has 1 amide bonds. The first-order valence-electron chi connectivity index (χ1n) is 7.70. The topological polar surface area (TPSA) is 33.2 Å². The summed E-state index contributed by atoms with van der Waals surface area (Å²) in [6.45, 7) is 0.826. The molecule has 2 aromatic carbocycles. The van der Waals surface area contributed by atoms with Gasteiger partial charge >= 0.3 is 0 Å². The molecule has 0 saturated heterocycles. The van der Waals surface area contributed by atoms with E-state index in [4.69, 9.17) is 0 Å². The zero-order valence-electron chi connectivity index (χ0n) is 13.1. The summed E-state index contributed by atoms with van der Waals surface area (Å²) in [7, 11) is 0. The van der Waals surface area contributed by atoms with E-state index in [0.29, 0.717) is 13.1 Å². The van der Waals surface area contributed by atoms with Gasteiger partial charge in [0.2, 0.25) is 0 Å². The molecule has 120 valence electrons. The van der Waals surface area contributed by atoms with Gasteiger partial charge in [0.15, 0.2) is 5.82 Å².